The van der Waals surface area contributed by atoms with E-state index in [2.05, 4.69) is 10.3 Å². The van der Waals surface area contributed by atoms with Gasteiger partial charge in [-0.25, -0.2) is 13.4 Å². The SMILES string of the molecule is CC1CNCCN1S(=O)(=O)c1ncccc1[N+](=O)[O-]. The molecular formula is C10H14N4O4S. The number of aromatic nitrogens is 1. The molecule has 2 heterocycles. The van der Waals surface area contributed by atoms with Crippen LogP contribution in [0.3, 0.4) is 0 Å². The van der Waals surface area contributed by atoms with Gasteiger partial charge in [-0.15, -0.1) is 0 Å². The second kappa shape index (κ2) is 5.19. The van der Waals surface area contributed by atoms with Crippen LogP contribution in [0.15, 0.2) is 23.4 Å². The third kappa shape index (κ3) is 2.57. The van der Waals surface area contributed by atoms with E-state index in [1.54, 1.807) is 6.92 Å². The van der Waals surface area contributed by atoms with E-state index in [9.17, 15) is 18.5 Å². The number of nitro groups is 1. The van der Waals surface area contributed by atoms with Crippen LogP contribution in [-0.4, -0.2) is 48.3 Å². The minimum atomic E-state index is -3.95. The molecule has 1 aromatic rings. The van der Waals surface area contributed by atoms with Crippen molar-refractivity contribution in [3.63, 3.8) is 0 Å². The molecule has 1 saturated heterocycles. The van der Waals surface area contributed by atoms with Gasteiger partial charge in [0.15, 0.2) is 0 Å². The van der Waals surface area contributed by atoms with Crippen LogP contribution in [0.4, 0.5) is 5.69 Å². The molecule has 0 aliphatic carbocycles. The van der Waals surface area contributed by atoms with Gasteiger partial charge in [0.2, 0.25) is 5.03 Å². The molecule has 1 N–H and O–H groups in total. The largest absolute Gasteiger partial charge is 0.314 e. The lowest BCUT2D eigenvalue weighted by Gasteiger charge is -2.32. The van der Waals surface area contributed by atoms with Crippen molar-refractivity contribution in [1.29, 1.82) is 0 Å². The summed E-state index contributed by atoms with van der Waals surface area (Å²) in [6.45, 7) is 3.06. The number of piperazine rings is 1. The minimum Gasteiger partial charge on any atom is -0.314 e. The van der Waals surface area contributed by atoms with Gasteiger partial charge in [-0.2, -0.15) is 4.31 Å². The lowest BCUT2D eigenvalue weighted by Crippen LogP contribution is -2.52. The Hall–Kier alpha value is -1.58. The van der Waals surface area contributed by atoms with Crippen molar-refractivity contribution in [2.45, 2.75) is 18.0 Å². The maximum absolute atomic E-state index is 12.5. The maximum atomic E-state index is 12.5. The summed E-state index contributed by atoms with van der Waals surface area (Å²) in [5, 5.41) is 13.5. The van der Waals surface area contributed by atoms with Crippen molar-refractivity contribution >= 4 is 15.7 Å². The number of nitrogens with zero attached hydrogens (tertiary/aromatic N) is 3. The molecule has 19 heavy (non-hydrogen) atoms. The zero-order valence-corrected chi connectivity index (χ0v) is 11.1. The monoisotopic (exact) mass is 286 g/mol. The molecule has 2 rings (SSSR count). The number of nitrogens with one attached hydrogen (secondary N) is 1. The van der Waals surface area contributed by atoms with Crippen molar-refractivity contribution in [2.75, 3.05) is 19.6 Å². The molecule has 0 saturated carbocycles. The topological polar surface area (TPSA) is 105 Å². The molecule has 9 heteroatoms. The van der Waals surface area contributed by atoms with Gasteiger partial charge in [0, 0.05) is 37.9 Å². The molecule has 8 nitrogen and oxygen atoms in total. The van der Waals surface area contributed by atoms with E-state index in [0.717, 1.165) is 6.07 Å². The van der Waals surface area contributed by atoms with Gasteiger partial charge in [-0.1, -0.05) is 0 Å². The third-order valence-corrected chi connectivity index (χ3v) is 4.90. The predicted octanol–water partition coefficient (Wildman–Crippen LogP) is -0.0278. The molecule has 1 aliphatic heterocycles. The number of sulfonamides is 1. The van der Waals surface area contributed by atoms with Crippen molar-refractivity contribution < 1.29 is 13.3 Å². The average Bonchev–Trinajstić information content (AvgIpc) is 2.39. The molecule has 0 radical (unpaired) electrons. The van der Waals surface area contributed by atoms with Gasteiger partial charge in [0.25, 0.3) is 10.0 Å². The number of rotatable bonds is 3. The van der Waals surface area contributed by atoms with Crippen LogP contribution in [0.25, 0.3) is 0 Å². The van der Waals surface area contributed by atoms with Crippen molar-refractivity contribution in [3.8, 4) is 0 Å². The molecule has 1 fully saturated rings. The molecule has 1 aliphatic rings. The zero-order chi connectivity index (χ0) is 14.0. The van der Waals surface area contributed by atoms with Crippen LogP contribution in [0.1, 0.15) is 6.92 Å². The quantitative estimate of drug-likeness (QED) is 0.618. The highest BCUT2D eigenvalue weighted by atomic mass is 32.2. The summed E-state index contributed by atoms with van der Waals surface area (Å²) in [5.74, 6) is 0. The minimum absolute atomic E-state index is 0.264. The van der Waals surface area contributed by atoms with Crippen molar-refractivity contribution in [2.24, 2.45) is 0 Å². The fourth-order valence-corrected chi connectivity index (χ4v) is 3.71. The molecule has 1 aromatic heterocycles. The molecule has 0 spiro atoms. The molecule has 0 amide bonds. The number of pyridine rings is 1. The van der Waals surface area contributed by atoms with E-state index in [4.69, 9.17) is 0 Å². The first kappa shape index (κ1) is 13.8. The summed E-state index contributed by atoms with van der Waals surface area (Å²) in [4.78, 5) is 13.9. The lowest BCUT2D eigenvalue weighted by molar-refractivity contribution is -0.388. The fourth-order valence-electron chi connectivity index (χ4n) is 2.01. The van der Waals surface area contributed by atoms with E-state index in [1.807, 2.05) is 0 Å². The Labute approximate surface area is 110 Å². The van der Waals surface area contributed by atoms with Crippen molar-refractivity contribution in [1.82, 2.24) is 14.6 Å². The Morgan fingerprint density at radius 3 is 2.95 bits per heavy atom. The summed E-state index contributed by atoms with van der Waals surface area (Å²) in [7, 11) is -3.95. The molecule has 1 atom stereocenters. The zero-order valence-electron chi connectivity index (χ0n) is 10.3. The van der Waals surface area contributed by atoms with Gasteiger partial charge in [0.05, 0.1) is 4.92 Å². The predicted molar refractivity (Wildman–Crippen MR) is 67.1 cm³/mol. The average molecular weight is 286 g/mol. The van der Waals surface area contributed by atoms with Gasteiger partial charge in [-0.3, -0.25) is 10.1 Å². The fraction of sp³-hybridized carbons (Fsp3) is 0.500. The van der Waals surface area contributed by atoms with E-state index >= 15 is 0 Å². The van der Waals surface area contributed by atoms with Crippen LogP contribution in [0.2, 0.25) is 0 Å². The first-order valence-corrected chi connectivity index (χ1v) is 7.20. The lowest BCUT2D eigenvalue weighted by atomic mass is 10.3. The first-order chi connectivity index (χ1) is 8.94. The Morgan fingerprint density at radius 1 is 1.58 bits per heavy atom. The van der Waals surface area contributed by atoms with Crippen LogP contribution in [0.5, 0.6) is 0 Å². The molecule has 1 unspecified atom stereocenters. The smallest absolute Gasteiger partial charge is 0.308 e. The Balaban J connectivity index is 2.47. The number of hydrogen-bond acceptors (Lipinski definition) is 6. The van der Waals surface area contributed by atoms with Crippen LogP contribution >= 0.6 is 0 Å². The van der Waals surface area contributed by atoms with E-state index < -0.39 is 25.7 Å². The summed E-state index contributed by atoms with van der Waals surface area (Å²) in [6.07, 6.45) is 1.24. The Morgan fingerprint density at radius 2 is 2.32 bits per heavy atom. The molecule has 104 valence electrons. The second-order valence-corrected chi connectivity index (χ2v) is 6.06. The maximum Gasteiger partial charge on any atom is 0.308 e. The Bertz CT molecular complexity index is 589. The normalized spacial score (nSPS) is 21.2. The molecular weight excluding hydrogens is 272 g/mol. The second-order valence-electron chi connectivity index (χ2n) is 4.25. The standard InChI is InChI=1S/C10H14N4O4S/c1-8-7-11-5-6-13(8)19(17,18)10-9(14(15)16)3-2-4-12-10/h2-4,8,11H,5-7H2,1H3. The summed E-state index contributed by atoms with van der Waals surface area (Å²) in [6, 6.07) is 2.23. The van der Waals surface area contributed by atoms with Crippen LogP contribution in [-0.2, 0) is 10.0 Å². The summed E-state index contributed by atoms with van der Waals surface area (Å²) < 4.78 is 26.2. The highest BCUT2D eigenvalue weighted by Gasteiger charge is 2.36. The van der Waals surface area contributed by atoms with Crippen LogP contribution < -0.4 is 5.32 Å². The van der Waals surface area contributed by atoms with Gasteiger partial charge in [-0.05, 0) is 13.0 Å². The number of hydrogen-bond donors (Lipinski definition) is 1. The Kier molecular flexibility index (Phi) is 3.78. The highest BCUT2D eigenvalue weighted by Crippen LogP contribution is 2.25. The summed E-state index contributed by atoms with van der Waals surface area (Å²) in [5.41, 5.74) is -0.492. The summed E-state index contributed by atoms with van der Waals surface area (Å²) >= 11 is 0. The van der Waals surface area contributed by atoms with E-state index in [-0.39, 0.29) is 12.6 Å². The third-order valence-electron chi connectivity index (χ3n) is 2.94. The van der Waals surface area contributed by atoms with Crippen molar-refractivity contribution in [3.05, 3.63) is 28.4 Å². The van der Waals surface area contributed by atoms with Crippen LogP contribution in [0, 0.1) is 10.1 Å². The first-order valence-electron chi connectivity index (χ1n) is 5.76. The van der Waals surface area contributed by atoms with E-state index in [0.29, 0.717) is 13.1 Å². The molecule has 0 aromatic carbocycles. The van der Waals surface area contributed by atoms with Gasteiger partial charge >= 0.3 is 5.69 Å². The van der Waals surface area contributed by atoms with Gasteiger partial charge in [0.1, 0.15) is 0 Å². The van der Waals surface area contributed by atoms with E-state index in [1.165, 1.54) is 16.6 Å². The molecule has 0 bridgehead atoms. The highest BCUT2D eigenvalue weighted by molar-refractivity contribution is 7.89. The van der Waals surface area contributed by atoms with Gasteiger partial charge < -0.3 is 5.32 Å².